The molecule has 1 unspecified atom stereocenters. The minimum atomic E-state index is -4.57. The van der Waals surface area contributed by atoms with E-state index in [1.807, 2.05) is 0 Å². The number of phosphoric ester groups is 1. The Morgan fingerprint density at radius 2 is 1.93 bits per heavy atom. The summed E-state index contributed by atoms with van der Waals surface area (Å²) in [6, 6.07) is 0. The fraction of sp³-hybridized carbons (Fsp3) is 0.714. The molecule has 0 aliphatic rings. The molecule has 0 radical (unpaired) electrons. The van der Waals surface area contributed by atoms with Gasteiger partial charge in [0.1, 0.15) is 12.7 Å². The van der Waals surface area contributed by atoms with E-state index in [4.69, 9.17) is 9.93 Å². The zero-order chi connectivity index (χ0) is 21.1. The molecule has 27 heavy (non-hydrogen) atoms. The average molecular weight is 427 g/mol. The van der Waals surface area contributed by atoms with Crippen LogP contribution in [0.4, 0.5) is 0 Å². The van der Waals surface area contributed by atoms with E-state index in [1.165, 1.54) is 13.8 Å². The van der Waals surface area contributed by atoms with Gasteiger partial charge in [0.05, 0.1) is 12.3 Å². The van der Waals surface area contributed by atoms with Crippen LogP contribution in [-0.2, 0) is 28.0 Å². The molecule has 5 N–H and O–H groups in total. The van der Waals surface area contributed by atoms with E-state index in [9.17, 15) is 28.9 Å². The minimum Gasteiger partial charge on any atom is -0.383 e. The summed E-state index contributed by atoms with van der Waals surface area (Å²) in [4.78, 5) is 43.1. The second kappa shape index (κ2) is 12.2. The first-order chi connectivity index (χ1) is 12.4. The molecule has 13 heteroatoms. The predicted octanol–water partition coefficient (Wildman–Crippen LogP) is -0.722. The van der Waals surface area contributed by atoms with Crippen molar-refractivity contribution in [3.05, 3.63) is 0 Å². The van der Waals surface area contributed by atoms with Gasteiger partial charge in [0.2, 0.25) is 11.8 Å². The third-order valence-electron chi connectivity index (χ3n) is 3.20. The van der Waals surface area contributed by atoms with Gasteiger partial charge in [-0.25, -0.2) is 4.57 Å². The van der Waals surface area contributed by atoms with Gasteiger partial charge in [-0.05, 0) is 0 Å². The number of thiol groups is 1. The zero-order valence-electron chi connectivity index (χ0n) is 15.1. The largest absolute Gasteiger partial charge is 0.472 e. The first-order valence-corrected chi connectivity index (χ1v) is 10.1. The molecule has 0 fully saturated rings. The molecule has 0 heterocycles. The molecule has 2 amide bonds. The number of hydrogen-bond acceptors (Lipinski definition) is 9. The normalized spacial score (nSPS) is 14.7. The van der Waals surface area contributed by atoms with Crippen molar-refractivity contribution in [2.24, 2.45) is 5.41 Å². The maximum absolute atomic E-state index is 12.0. The number of aliphatic hydroxyl groups is 1. The Bertz CT molecular complexity index is 587. The van der Waals surface area contributed by atoms with Gasteiger partial charge >= 0.3 is 7.82 Å². The molecule has 0 aromatic heterocycles. The van der Waals surface area contributed by atoms with Crippen LogP contribution in [-0.4, -0.2) is 72.0 Å². The Labute approximate surface area is 162 Å². The van der Waals surface area contributed by atoms with E-state index in [0.717, 1.165) is 0 Å². The highest BCUT2D eigenvalue weighted by Crippen LogP contribution is 2.44. The van der Waals surface area contributed by atoms with Gasteiger partial charge < -0.3 is 20.6 Å². The monoisotopic (exact) mass is 427 g/mol. The van der Waals surface area contributed by atoms with Crippen molar-refractivity contribution < 1.29 is 38.0 Å². The number of aldehydes is 1. The average Bonchev–Trinajstić information content (AvgIpc) is 2.62. The number of phosphoric acid groups is 1. The van der Waals surface area contributed by atoms with Gasteiger partial charge in [0, 0.05) is 30.7 Å². The van der Waals surface area contributed by atoms with E-state index < -0.39 is 44.2 Å². The van der Waals surface area contributed by atoms with Crippen molar-refractivity contribution >= 4 is 44.3 Å². The SMILES string of the molecule is CC(C)(COP(=O)(O)OCC(=N)C=O)[C@@H](O)C(=O)NCCC(=O)NCCS. The lowest BCUT2D eigenvalue weighted by Crippen LogP contribution is -2.46. The van der Waals surface area contributed by atoms with Crippen LogP contribution >= 0.6 is 20.5 Å². The molecule has 11 nitrogen and oxygen atoms in total. The lowest BCUT2D eigenvalue weighted by atomic mass is 9.87. The van der Waals surface area contributed by atoms with Crippen molar-refractivity contribution in [3.8, 4) is 0 Å². The summed E-state index contributed by atoms with van der Waals surface area (Å²) in [6.45, 7) is 2.01. The Balaban J connectivity index is 4.44. The molecule has 0 aliphatic carbocycles. The van der Waals surface area contributed by atoms with E-state index in [0.29, 0.717) is 12.3 Å². The summed E-state index contributed by atoms with van der Waals surface area (Å²) in [5.74, 6) is -0.567. The standard InChI is InChI=1S/C14H26N3O8PS/c1-14(2,9-25-26(22,23)24-8-10(15)7-18)12(20)13(21)17-4-3-11(19)16-5-6-27/h7,12,15,20,27H,3-6,8-9H2,1-2H3,(H,16,19)(H,17,21)(H,22,23)/t12-/m0/s1. The lowest BCUT2D eigenvalue weighted by Gasteiger charge is -2.29. The topological polar surface area (TPSA) is 175 Å². The third kappa shape index (κ3) is 11.2. The Morgan fingerprint density at radius 3 is 2.48 bits per heavy atom. The highest BCUT2D eigenvalue weighted by Gasteiger charge is 2.36. The van der Waals surface area contributed by atoms with Crippen LogP contribution in [0.25, 0.3) is 0 Å². The molecule has 0 spiro atoms. The van der Waals surface area contributed by atoms with Crippen LogP contribution in [0, 0.1) is 10.8 Å². The van der Waals surface area contributed by atoms with Crippen LogP contribution in [0.3, 0.4) is 0 Å². The van der Waals surface area contributed by atoms with Crippen molar-refractivity contribution in [2.45, 2.75) is 26.4 Å². The highest BCUT2D eigenvalue weighted by atomic mass is 32.1. The van der Waals surface area contributed by atoms with Crippen molar-refractivity contribution in [1.29, 1.82) is 5.41 Å². The first-order valence-electron chi connectivity index (χ1n) is 7.93. The molecule has 0 aromatic carbocycles. The van der Waals surface area contributed by atoms with Crippen LogP contribution in [0.1, 0.15) is 20.3 Å². The van der Waals surface area contributed by atoms with E-state index in [1.54, 1.807) is 0 Å². The summed E-state index contributed by atoms with van der Waals surface area (Å²) in [7, 11) is -4.57. The van der Waals surface area contributed by atoms with Gasteiger partial charge in [0.25, 0.3) is 0 Å². The fourth-order valence-electron chi connectivity index (χ4n) is 1.58. The zero-order valence-corrected chi connectivity index (χ0v) is 16.9. The Morgan fingerprint density at radius 1 is 1.30 bits per heavy atom. The summed E-state index contributed by atoms with van der Waals surface area (Å²) >= 11 is 3.94. The van der Waals surface area contributed by atoms with Crippen molar-refractivity contribution in [3.63, 3.8) is 0 Å². The Hall–Kier alpha value is -1.30. The molecule has 0 saturated heterocycles. The minimum absolute atomic E-state index is 0.000641. The fourth-order valence-corrected chi connectivity index (χ4v) is 2.57. The van der Waals surface area contributed by atoms with Gasteiger partial charge in [-0.3, -0.25) is 28.8 Å². The number of carbonyl (C=O) groups excluding carboxylic acids is 3. The molecule has 0 bridgehead atoms. The maximum atomic E-state index is 12.0. The number of rotatable bonds is 14. The Kier molecular flexibility index (Phi) is 11.6. The van der Waals surface area contributed by atoms with Gasteiger partial charge in [-0.1, -0.05) is 13.8 Å². The summed E-state index contributed by atoms with van der Waals surface area (Å²) < 4.78 is 20.8. The summed E-state index contributed by atoms with van der Waals surface area (Å²) in [5, 5.41) is 22.1. The number of aliphatic hydroxyl groups excluding tert-OH is 1. The van der Waals surface area contributed by atoms with Crippen LogP contribution in [0.2, 0.25) is 0 Å². The molecule has 0 aliphatic heterocycles. The molecule has 0 aromatic rings. The quantitative estimate of drug-likeness (QED) is 0.0911. The lowest BCUT2D eigenvalue weighted by molar-refractivity contribution is -0.137. The van der Waals surface area contributed by atoms with Crippen molar-refractivity contribution in [1.82, 2.24) is 10.6 Å². The number of amides is 2. The molecular formula is C14H26N3O8PS. The van der Waals surface area contributed by atoms with Gasteiger partial charge in [0.15, 0.2) is 6.29 Å². The number of carbonyl (C=O) groups is 3. The summed E-state index contributed by atoms with van der Waals surface area (Å²) in [5.41, 5.74) is -1.82. The first kappa shape index (κ1) is 25.7. The molecule has 156 valence electrons. The van der Waals surface area contributed by atoms with E-state index in [-0.39, 0.29) is 25.2 Å². The second-order valence-electron chi connectivity index (χ2n) is 6.16. The second-order valence-corrected chi connectivity index (χ2v) is 8.06. The van der Waals surface area contributed by atoms with Crippen LogP contribution < -0.4 is 10.6 Å². The van der Waals surface area contributed by atoms with Crippen LogP contribution in [0.15, 0.2) is 0 Å². The number of nitrogens with one attached hydrogen (secondary N) is 3. The van der Waals surface area contributed by atoms with Gasteiger partial charge in [-0.2, -0.15) is 12.6 Å². The number of hydrogen-bond donors (Lipinski definition) is 6. The molecule has 2 atom stereocenters. The maximum Gasteiger partial charge on any atom is 0.472 e. The van der Waals surface area contributed by atoms with Crippen LogP contribution in [0.5, 0.6) is 0 Å². The molecule has 0 saturated carbocycles. The molecular weight excluding hydrogens is 401 g/mol. The summed E-state index contributed by atoms with van der Waals surface area (Å²) in [6.07, 6.45) is -1.42. The van der Waals surface area contributed by atoms with E-state index >= 15 is 0 Å². The van der Waals surface area contributed by atoms with E-state index in [2.05, 4.69) is 27.8 Å². The predicted molar refractivity (Wildman–Crippen MR) is 99.8 cm³/mol. The smallest absolute Gasteiger partial charge is 0.383 e. The molecule has 0 rings (SSSR count). The van der Waals surface area contributed by atoms with Crippen molar-refractivity contribution in [2.75, 3.05) is 32.1 Å². The highest BCUT2D eigenvalue weighted by molar-refractivity contribution is 7.80. The third-order valence-corrected chi connectivity index (χ3v) is 4.33. The van der Waals surface area contributed by atoms with Gasteiger partial charge in [-0.15, -0.1) is 0 Å².